The number of hydrogen-bond acceptors (Lipinski definition) is 4. The smallest absolute Gasteiger partial charge is 0.237 e. The summed E-state index contributed by atoms with van der Waals surface area (Å²) < 4.78 is 1.68. The molecule has 1 amide bonds. The highest BCUT2D eigenvalue weighted by atomic mass is 16.2. The van der Waals surface area contributed by atoms with Crippen molar-refractivity contribution in [2.24, 2.45) is 5.73 Å². The maximum Gasteiger partial charge on any atom is 0.237 e. The first kappa shape index (κ1) is 13.2. The molecular formula is C13H17N5O. The fourth-order valence-corrected chi connectivity index (χ4v) is 1.74. The lowest BCUT2D eigenvalue weighted by Crippen LogP contribution is -2.41. The lowest BCUT2D eigenvalue weighted by atomic mass is 10.1. The summed E-state index contributed by atoms with van der Waals surface area (Å²) in [7, 11) is 0. The zero-order valence-corrected chi connectivity index (χ0v) is 10.7. The molecule has 0 saturated heterocycles. The van der Waals surface area contributed by atoms with Gasteiger partial charge in [0.15, 0.2) is 0 Å². The highest BCUT2D eigenvalue weighted by Crippen LogP contribution is 2.14. The number of hydrogen-bond donors (Lipinski definition) is 2. The molecule has 1 aromatic carbocycles. The van der Waals surface area contributed by atoms with Crippen molar-refractivity contribution in [3.63, 3.8) is 0 Å². The molecule has 6 heteroatoms. The molecule has 0 fully saturated rings. The normalized spacial score (nSPS) is 13.8. The second-order valence-electron chi connectivity index (χ2n) is 4.38. The van der Waals surface area contributed by atoms with Gasteiger partial charge in [-0.3, -0.25) is 9.48 Å². The van der Waals surface area contributed by atoms with Crippen LogP contribution in [-0.4, -0.2) is 26.7 Å². The summed E-state index contributed by atoms with van der Waals surface area (Å²) in [6, 6.07) is 9.00. The van der Waals surface area contributed by atoms with E-state index < -0.39 is 6.04 Å². The van der Waals surface area contributed by atoms with Crippen LogP contribution in [0.15, 0.2) is 43.0 Å². The zero-order valence-electron chi connectivity index (χ0n) is 10.7. The van der Waals surface area contributed by atoms with Crippen molar-refractivity contribution >= 4 is 5.91 Å². The summed E-state index contributed by atoms with van der Waals surface area (Å²) in [5, 5.41) is 6.98. The minimum absolute atomic E-state index is 0.179. The van der Waals surface area contributed by atoms with Crippen LogP contribution < -0.4 is 11.1 Å². The third-order valence-electron chi connectivity index (χ3n) is 2.77. The Morgan fingerprint density at radius 2 is 2.16 bits per heavy atom. The number of carbonyl (C=O) groups excluding carboxylic acids is 1. The van der Waals surface area contributed by atoms with Gasteiger partial charge in [-0.1, -0.05) is 30.3 Å². The number of carbonyl (C=O) groups is 1. The predicted octanol–water partition coefficient (Wildman–Crippen LogP) is 0.483. The number of nitrogens with one attached hydrogen (secondary N) is 1. The number of benzene rings is 1. The molecule has 0 unspecified atom stereocenters. The number of aromatic nitrogens is 3. The summed E-state index contributed by atoms with van der Waals surface area (Å²) in [6.45, 7) is 2.18. The van der Waals surface area contributed by atoms with Gasteiger partial charge in [-0.05, 0) is 12.5 Å². The van der Waals surface area contributed by atoms with E-state index in [9.17, 15) is 4.79 Å². The van der Waals surface area contributed by atoms with Crippen molar-refractivity contribution in [1.29, 1.82) is 0 Å². The lowest BCUT2D eigenvalue weighted by Gasteiger charge is -2.20. The van der Waals surface area contributed by atoms with Crippen LogP contribution in [0.4, 0.5) is 0 Å². The average Bonchev–Trinajstić information content (AvgIpc) is 2.91. The topological polar surface area (TPSA) is 85.8 Å². The van der Waals surface area contributed by atoms with Gasteiger partial charge >= 0.3 is 0 Å². The first-order valence-corrected chi connectivity index (χ1v) is 6.10. The fraction of sp³-hybridized carbons (Fsp3) is 0.308. The minimum Gasteiger partial charge on any atom is -0.346 e. The molecule has 100 valence electrons. The summed E-state index contributed by atoms with van der Waals surface area (Å²) in [5.74, 6) is -0.186. The van der Waals surface area contributed by atoms with Crippen molar-refractivity contribution < 1.29 is 4.79 Å². The van der Waals surface area contributed by atoms with Gasteiger partial charge in [-0.2, -0.15) is 5.10 Å². The highest BCUT2D eigenvalue weighted by molar-refractivity contribution is 5.81. The van der Waals surface area contributed by atoms with E-state index in [2.05, 4.69) is 15.4 Å². The SMILES string of the molecule is C[C@@H](N)C(=O)N[C@H](Cn1cncn1)c1ccccc1. The third-order valence-corrected chi connectivity index (χ3v) is 2.77. The van der Waals surface area contributed by atoms with Crippen molar-refractivity contribution in [3.8, 4) is 0 Å². The van der Waals surface area contributed by atoms with Gasteiger partial charge in [0.05, 0.1) is 18.6 Å². The third kappa shape index (κ3) is 3.62. The maximum absolute atomic E-state index is 11.8. The van der Waals surface area contributed by atoms with E-state index in [1.54, 1.807) is 17.9 Å². The van der Waals surface area contributed by atoms with Crippen LogP contribution >= 0.6 is 0 Å². The van der Waals surface area contributed by atoms with Crippen molar-refractivity contribution in [2.75, 3.05) is 0 Å². The van der Waals surface area contributed by atoms with E-state index in [4.69, 9.17) is 5.73 Å². The molecule has 0 aliphatic heterocycles. The Kier molecular flexibility index (Phi) is 4.25. The van der Waals surface area contributed by atoms with Crippen molar-refractivity contribution in [2.45, 2.75) is 25.6 Å². The van der Waals surface area contributed by atoms with Gasteiger partial charge in [-0.15, -0.1) is 0 Å². The Labute approximate surface area is 111 Å². The van der Waals surface area contributed by atoms with E-state index in [1.165, 1.54) is 6.33 Å². The number of rotatable bonds is 5. The molecule has 2 aromatic rings. The zero-order chi connectivity index (χ0) is 13.7. The summed E-state index contributed by atoms with van der Waals surface area (Å²) in [5.41, 5.74) is 6.60. The van der Waals surface area contributed by atoms with Crippen molar-refractivity contribution in [1.82, 2.24) is 20.1 Å². The van der Waals surface area contributed by atoms with Gasteiger partial charge in [0.25, 0.3) is 0 Å². The molecule has 0 saturated carbocycles. The van der Waals surface area contributed by atoms with Crippen LogP contribution in [0.1, 0.15) is 18.5 Å². The lowest BCUT2D eigenvalue weighted by molar-refractivity contribution is -0.122. The predicted molar refractivity (Wildman–Crippen MR) is 71.0 cm³/mol. The monoisotopic (exact) mass is 259 g/mol. The highest BCUT2D eigenvalue weighted by Gasteiger charge is 2.17. The minimum atomic E-state index is -0.540. The van der Waals surface area contributed by atoms with Gasteiger partial charge in [0, 0.05) is 0 Å². The molecule has 3 N–H and O–H groups in total. The maximum atomic E-state index is 11.8. The molecule has 1 aromatic heterocycles. The van der Waals surface area contributed by atoms with E-state index in [0.29, 0.717) is 6.54 Å². The van der Waals surface area contributed by atoms with Gasteiger partial charge in [0.1, 0.15) is 12.7 Å². The Morgan fingerprint density at radius 3 is 2.74 bits per heavy atom. The molecule has 19 heavy (non-hydrogen) atoms. The van der Waals surface area contributed by atoms with Crippen LogP contribution in [-0.2, 0) is 11.3 Å². The van der Waals surface area contributed by atoms with Gasteiger partial charge in [-0.25, -0.2) is 4.98 Å². The fourth-order valence-electron chi connectivity index (χ4n) is 1.74. The quantitative estimate of drug-likeness (QED) is 0.818. The molecule has 0 spiro atoms. The van der Waals surface area contributed by atoms with Gasteiger partial charge < -0.3 is 11.1 Å². The molecule has 0 radical (unpaired) electrons. The standard InChI is InChI=1S/C13H17N5O/c1-10(14)13(19)17-12(7-18-9-15-8-16-18)11-5-3-2-4-6-11/h2-6,8-10,12H,7,14H2,1H3,(H,17,19)/t10-,12-/m1/s1. The molecule has 6 nitrogen and oxygen atoms in total. The van der Waals surface area contributed by atoms with Crippen LogP contribution in [0, 0.1) is 0 Å². The number of nitrogens with zero attached hydrogens (tertiary/aromatic N) is 3. The Bertz CT molecular complexity index is 509. The Morgan fingerprint density at radius 1 is 1.42 bits per heavy atom. The molecule has 0 aliphatic rings. The molecule has 0 aliphatic carbocycles. The summed E-state index contributed by atoms with van der Waals surface area (Å²) in [6.07, 6.45) is 3.09. The van der Waals surface area contributed by atoms with Crippen molar-refractivity contribution in [3.05, 3.63) is 48.5 Å². The molecule has 0 bridgehead atoms. The first-order valence-electron chi connectivity index (χ1n) is 6.10. The second kappa shape index (κ2) is 6.10. The largest absolute Gasteiger partial charge is 0.346 e. The van der Waals surface area contributed by atoms with Crippen LogP contribution in [0.5, 0.6) is 0 Å². The molecule has 2 atom stereocenters. The molecule has 2 rings (SSSR count). The van der Waals surface area contributed by atoms with E-state index >= 15 is 0 Å². The first-order chi connectivity index (χ1) is 9.16. The average molecular weight is 259 g/mol. The van der Waals surface area contributed by atoms with Gasteiger partial charge in [0.2, 0.25) is 5.91 Å². The number of amides is 1. The van der Waals surface area contributed by atoms with Crippen LogP contribution in [0.2, 0.25) is 0 Å². The molecular weight excluding hydrogens is 242 g/mol. The summed E-state index contributed by atoms with van der Waals surface area (Å²) >= 11 is 0. The van der Waals surface area contributed by atoms with E-state index in [1.807, 2.05) is 30.3 Å². The second-order valence-corrected chi connectivity index (χ2v) is 4.38. The summed E-state index contributed by atoms with van der Waals surface area (Å²) in [4.78, 5) is 15.7. The van der Waals surface area contributed by atoms with Crippen LogP contribution in [0.3, 0.4) is 0 Å². The van der Waals surface area contributed by atoms with E-state index in [0.717, 1.165) is 5.56 Å². The number of nitrogens with two attached hydrogens (primary N) is 1. The Balaban J connectivity index is 2.16. The molecule has 1 heterocycles. The van der Waals surface area contributed by atoms with E-state index in [-0.39, 0.29) is 11.9 Å². The van der Waals surface area contributed by atoms with Crippen LogP contribution in [0.25, 0.3) is 0 Å². The Hall–Kier alpha value is -2.21.